The van der Waals surface area contributed by atoms with Crippen LogP contribution in [0.2, 0.25) is 19.6 Å². The second-order valence-electron chi connectivity index (χ2n) is 16.2. The van der Waals surface area contributed by atoms with Crippen molar-refractivity contribution in [1.29, 1.82) is 0 Å². The summed E-state index contributed by atoms with van der Waals surface area (Å²) in [4.78, 5) is 15.1. The Balaban J connectivity index is 0.000000225. The van der Waals surface area contributed by atoms with Crippen LogP contribution in [0.3, 0.4) is 0 Å². The average molecular weight is 994 g/mol. The fourth-order valence-corrected chi connectivity index (χ4v) is 10.2. The van der Waals surface area contributed by atoms with E-state index in [-0.39, 0.29) is 42.5 Å². The van der Waals surface area contributed by atoms with Gasteiger partial charge >= 0.3 is 0 Å². The minimum absolute atomic E-state index is 0. The molecule has 7 heteroatoms. The number of hydrogen-bond acceptors (Lipinski definition) is 4. The first-order valence-corrected chi connectivity index (χ1v) is 23.4. The van der Waals surface area contributed by atoms with E-state index in [1.54, 1.807) is 18.2 Å². The first-order chi connectivity index (χ1) is 32.2. The number of pyridine rings is 2. The minimum Gasteiger partial charge on any atom is -0.333 e. The topological polar surface area (TPSA) is 43.6 Å². The van der Waals surface area contributed by atoms with Gasteiger partial charge in [0, 0.05) is 52.1 Å². The molecule has 0 bridgehead atoms. The zero-order chi connectivity index (χ0) is 50.1. The van der Waals surface area contributed by atoms with Gasteiger partial charge in [-0.15, -0.1) is 54.1 Å². The van der Waals surface area contributed by atoms with E-state index in [2.05, 4.69) is 21.7 Å². The van der Waals surface area contributed by atoms with Gasteiger partial charge in [-0.2, -0.15) is 11.3 Å². The van der Waals surface area contributed by atoms with E-state index in [9.17, 15) is 0 Å². The molecule has 0 amide bonds. The van der Waals surface area contributed by atoms with Crippen LogP contribution >= 0.6 is 11.3 Å². The molecule has 0 atom stereocenters. The molecular formula is C52H50IrN4SSi-2. The third kappa shape index (κ3) is 8.67. The molecule has 4 heterocycles. The molecule has 0 saturated heterocycles. The third-order valence-electron chi connectivity index (χ3n) is 9.68. The number of para-hydroxylation sites is 3. The maximum Gasteiger partial charge on any atom is 0.114 e. The predicted octanol–water partition coefficient (Wildman–Crippen LogP) is 13.5. The maximum atomic E-state index is 8.87. The third-order valence-corrected chi connectivity index (χ3v) is 12.8. The summed E-state index contributed by atoms with van der Waals surface area (Å²) in [5, 5.41) is 2.45. The van der Waals surface area contributed by atoms with E-state index < -0.39 is 40.4 Å². The first-order valence-electron chi connectivity index (χ1n) is 24.6. The number of aryl methyl sites for hydroxylation is 3. The van der Waals surface area contributed by atoms with Crippen LogP contribution in [-0.4, -0.2) is 27.6 Å². The fraction of sp³-hybridized carbons (Fsp3) is 0.212. The van der Waals surface area contributed by atoms with Gasteiger partial charge in [0.05, 0.1) is 30.6 Å². The van der Waals surface area contributed by atoms with Crippen molar-refractivity contribution in [2.24, 2.45) is 5.41 Å². The molecule has 5 aromatic carbocycles. The largest absolute Gasteiger partial charge is 0.333 e. The van der Waals surface area contributed by atoms with Crippen LogP contribution < -0.4 is 5.19 Å². The van der Waals surface area contributed by atoms with Gasteiger partial charge in [0.25, 0.3) is 0 Å². The Kier molecular flexibility index (Phi) is 8.61. The number of nitrogens with zero attached hydrogens (tertiary/aromatic N) is 4. The van der Waals surface area contributed by atoms with Crippen LogP contribution in [0.15, 0.2) is 127 Å². The van der Waals surface area contributed by atoms with Gasteiger partial charge in [0.15, 0.2) is 0 Å². The Morgan fingerprint density at radius 1 is 0.729 bits per heavy atom. The predicted molar refractivity (Wildman–Crippen MR) is 250 cm³/mol. The smallest absolute Gasteiger partial charge is 0.114 e. The van der Waals surface area contributed by atoms with Crippen molar-refractivity contribution in [3.8, 4) is 39.6 Å². The quantitative estimate of drug-likeness (QED) is 0.123. The zero-order valence-corrected chi connectivity index (χ0v) is 37.9. The molecule has 9 rings (SSSR count). The Morgan fingerprint density at radius 2 is 1.47 bits per heavy atom. The SMILES string of the molecule is [2H]C([2H])([2H])c1cccc(C([2H])([2H])[2H])c1-c1ccc2c(n1)sc1c(-c3nc4ccccc4n3-c3ccccc3)[c-]ccc12.[2H]C([2H])([2H])c1nc(-c2[c-]cccc2)cc(C([2H])([2H])C(C)(C)C)c1[Si](C)(C)C.[Ir]. The molecule has 0 aliphatic carbocycles. The van der Waals surface area contributed by atoms with Crippen LogP contribution in [0.4, 0.5) is 0 Å². The molecule has 1 radical (unpaired) electrons. The van der Waals surface area contributed by atoms with Gasteiger partial charge < -0.3 is 9.55 Å². The van der Waals surface area contributed by atoms with E-state index in [0.29, 0.717) is 32.5 Å². The number of thiophene rings is 1. The molecule has 59 heavy (non-hydrogen) atoms. The normalized spacial score (nSPS) is 15.4. The summed E-state index contributed by atoms with van der Waals surface area (Å²) in [6.07, 6.45) is -1.71. The summed E-state index contributed by atoms with van der Waals surface area (Å²) >= 11 is 1.46. The van der Waals surface area contributed by atoms with E-state index in [4.69, 9.17) is 25.0 Å². The molecule has 0 unspecified atom stereocenters. The molecule has 0 aliphatic heterocycles. The molecule has 299 valence electrons. The summed E-state index contributed by atoms with van der Waals surface area (Å²) in [6.45, 7) is 4.20. The van der Waals surface area contributed by atoms with Gasteiger partial charge in [0.1, 0.15) is 4.83 Å². The van der Waals surface area contributed by atoms with E-state index in [1.807, 2.05) is 131 Å². The van der Waals surface area contributed by atoms with Gasteiger partial charge in [-0.3, -0.25) is 4.98 Å². The van der Waals surface area contributed by atoms with Crippen molar-refractivity contribution < 1.29 is 35.2 Å². The van der Waals surface area contributed by atoms with Crippen molar-refractivity contribution in [1.82, 2.24) is 19.5 Å². The second-order valence-corrected chi connectivity index (χ2v) is 22.2. The first kappa shape index (κ1) is 30.1. The number of aromatic nitrogens is 4. The van der Waals surface area contributed by atoms with Gasteiger partial charge in [0.2, 0.25) is 0 Å². The molecule has 4 aromatic heterocycles. The van der Waals surface area contributed by atoms with Crippen molar-refractivity contribution in [3.63, 3.8) is 0 Å². The average Bonchev–Trinajstić information content (AvgIpc) is 3.86. The maximum absolute atomic E-state index is 8.87. The van der Waals surface area contributed by atoms with Crippen LogP contribution in [0.1, 0.15) is 58.2 Å². The number of imidazole rings is 1. The molecular weight excluding hydrogens is 933 g/mol. The second kappa shape index (κ2) is 16.9. The van der Waals surface area contributed by atoms with Crippen molar-refractivity contribution in [3.05, 3.63) is 162 Å². The van der Waals surface area contributed by atoms with Crippen LogP contribution in [0, 0.1) is 38.1 Å². The molecule has 0 spiro atoms. The zero-order valence-electron chi connectivity index (χ0n) is 44.7. The van der Waals surface area contributed by atoms with Crippen LogP contribution in [0.25, 0.3) is 70.9 Å². The Bertz CT molecular complexity index is 3320. The van der Waals surface area contributed by atoms with Gasteiger partial charge in [-0.1, -0.05) is 118 Å². The summed E-state index contributed by atoms with van der Waals surface area (Å²) in [5.41, 5.74) is 4.91. The minimum atomic E-state index is -2.51. The van der Waals surface area contributed by atoms with Gasteiger partial charge in [-0.05, 0) is 94.8 Å². The molecule has 0 fully saturated rings. The summed E-state index contributed by atoms with van der Waals surface area (Å²) in [7, 11) is -2.22. The van der Waals surface area contributed by atoms with Crippen LogP contribution in [-0.2, 0) is 26.5 Å². The van der Waals surface area contributed by atoms with E-state index in [0.717, 1.165) is 43.6 Å². The number of rotatable bonds is 6. The molecule has 9 aromatic rings. The molecule has 4 nitrogen and oxygen atoms in total. The number of fused-ring (bicyclic) bond motifs is 4. The van der Waals surface area contributed by atoms with E-state index >= 15 is 0 Å². The van der Waals surface area contributed by atoms with E-state index in [1.165, 1.54) is 29.5 Å². The molecule has 0 saturated carbocycles. The summed E-state index contributed by atoms with van der Waals surface area (Å²) in [5.74, 6) is 0.747. The van der Waals surface area contributed by atoms with Crippen molar-refractivity contribution >= 4 is 55.9 Å². The number of benzene rings is 5. The Hall–Kier alpha value is -5.04. The Labute approximate surface area is 383 Å². The fourth-order valence-electron chi connectivity index (χ4n) is 7.29. The standard InChI is InChI=1S/C32H22N3S.C20H28NSi.Ir/c1-20-10-8-11-21(2)29(20)27-19-18-24-23-14-9-15-25(30(23)36-32(24)34-27)31-33-26-16-6-7-17-28(26)35(31)22-12-4-3-5-13-22;1-15-19(22(5,6)7)17(14-20(2,3)4)13-18(21-15)16-11-9-8-10-12-16;/h3-14,16-19H,1-2H3;8-11,13H,14H2,1-7H3;/q2*-1;/i1D3,2D3;1D3,14D2;. The Morgan fingerprint density at radius 3 is 2.17 bits per heavy atom. The van der Waals surface area contributed by atoms with Crippen LogP contribution in [0.5, 0.6) is 0 Å². The van der Waals surface area contributed by atoms with Gasteiger partial charge in [-0.25, -0.2) is 4.98 Å². The molecule has 0 aliphatic rings. The number of hydrogen-bond donors (Lipinski definition) is 0. The summed E-state index contributed by atoms with van der Waals surface area (Å²) < 4.78 is 93.5. The van der Waals surface area contributed by atoms with Crippen molar-refractivity contribution in [2.45, 2.75) is 67.3 Å². The molecule has 0 N–H and O–H groups in total. The van der Waals surface area contributed by atoms with Crippen molar-refractivity contribution in [2.75, 3.05) is 0 Å². The monoisotopic (exact) mass is 994 g/mol. The summed E-state index contributed by atoms with van der Waals surface area (Å²) in [6, 6.07) is 45.4.